The van der Waals surface area contributed by atoms with E-state index in [1.165, 1.54) is 0 Å². The average Bonchev–Trinajstić information content (AvgIpc) is 2.16. The molecule has 1 amide bonds. The number of methoxy groups -OCH3 is 1. The van der Waals surface area contributed by atoms with Crippen molar-refractivity contribution in [3.63, 3.8) is 0 Å². The first-order valence-corrected chi connectivity index (χ1v) is 4.47. The third kappa shape index (κ3) is 5.51. The number of nitrogens with zero attached hydrogens (tertiary/aromatic N) is 2. The van der Waals surface area contributed by atoms with Crippen molar-refractivity contribution in [2.45, 2.75) is 13.0 Å². The van der Waals surface area contributed by atoms with E-state index < -0.39 is 0 Å². The van der Waals surface area contributed by atoms with Crippen LogP contribution in [0.15, 0.2) is 0 Å². The van der Waals surface area contributed by atoms with E-state index in [1.54, 1.807) is 26.0 Å². The van der Waals surface area contributed by atoms with Gasteiger partial charge in [0.1, 0.15) is 0 Å². The molecule has 0 heterocycles. The van der Waals surface area contributed by atoms with Gasteiger partial charge in [-0.2, -0.15) is 5.26 Å². The number of ether oxygens (including phenoxy) is 1. The average molecular weight is 199 g/mol. The van der Waals surface area contributed by atoms with Crippen LogP contribution in [0.1, 0.15) is 6.92 Å². The Morgan fingerprint density at radius 1 is 1.71 bits per heavy atom. The van der Waals surface area contributed by atoms with Crippen LogP contribution in [0.3, 0.4) is 0 Å². The highest BCUT2D eigenvalue weighted by atomic mass is 16.5. The quantitative estimate of drug-likeness (QED) is 0.591. The predicted octanol–water partition coefficient (Wildman–Crippen LogP) is -0.407. The van der Waals surface area contributed by atoms with E-state index in [1.807, 2.05) is 0 Å². The van der Waals surface area contributed by atoms with E-state index in [-0.39, 0.29) is 18.5 Å². The third-order valence-corrected chi connectivity index (χ3v) is 1.87. The minimum absolute atomic E-state index is 0.0911. The Labute approximate surface area is 84.6 Å². The molecule has 0 spiro atoms. The maximum Gasteiger partial charge on any atom is 0.234 e. The molecule has 5 heteroatoms. The van der Waals surface area contributed by atoms with E-state index in [0.717, 1.165) is 0 Å². The second-order valence-electron chi connectivity index (χ2n) is 3.06. The third-order valence-electron chi connectivity index (χ3n) is 1.87. The van der Waals surface area contributed by atoms with Gasteiger partial charge in [0.05, 0.1) is 25.3 Å². The van der Waals surface area contributed by atoms with Crippen molar-refractivity contribution in [3.8, 4) is 6.07 Å². The summed E-state index contributed by atoms with van der Waals surface area (Å²) < 4.78 is 4.79. The Morgan fingerprint density at radius 2 is 2.36 bits per heavy atom. The predicted molar refractivity (Wildman–Crippen MR) is 52.6 cm³/mol. The Morgan fingerprint density at radius 3 is 2.86 bits per heavy atom. The van der Waals surface area contributed by atoms with E-state index >= 15 is 0 Å². The standard InChI is InChI=1S/C9H17N3O2/c1-8(6-10)12(2)7-9(13)11-4-5-14-3/h8H,4-5,7H2,1-3H3,(H,11,13). The minimum Gasteiger partial charge on any atom is -0.383 e. The lowest BCUT2D eigenvalue weighted by atomic mass is 10.3. The molecule has 0 radical (unpaired) electrons. The lowest BCUT2D eigenvalue weighted by Gasteiger charge is -2.17. The van der Waals surface area contributed by atoms with Crippen molar-refractivity contribution < 1.29 is 9.53 Å². The van der Waals surface area contributed by atoms with Crippen molar-refractivity contribution in [3.05, 3.63) is 0 Å². The number of likely N-dealkylation sites (N-methyl/N-ethyl adjacent to an activating group) is 1. The Kier molecular flexibility index (Phi) is 6.72. The molecule has 0 aromatic heterocycles. The van der Waals surface area contributed by atoms with Gasteiger partial charge in [-0.05, 0) is 14.0 Å². The number of carbonyl (C=O) groups is 1. The van der Waals surface area contributed by atoms with Crippen LogP contribution in [0.5, 0.6) is 0 Å². The fraction of sp³-hybridized carbons (Fsp3) is 0.778. The molecule has 0 aromatic carbocycles. The van der Waals surface area contributed by atoms with Gasteiger partial charge in [-0.15, -0.1) is 0 Å². The number of rotatable bonds is 6. The zero-order chi connectivity index (χ0) is 11.0. The molecule has 0 rings (SSSR count). The molecule has 0 saturated carbocycles. The number of carbonyl (C=O) groups excluding carboxylic acids is 1. The van der Waals surface area contributed by atoms with Crippen LogP contribution < -0.4 is 5.32 Å². The molecule has 0 aliphatic heterocycles. The fourth-order valence-electron chi connectivity index (χ4n) is 0.810. The van der Waals surface area contributed by atoms with Gasteiger partial charge in [-0.3, -0.25) is 9.69 Å². The van der Waals surface area contributed by atoms with Gasteiger partial charge in [0, 0.05) is 13.7 Å². The summed E-state index contributed by atoms with van der Waals surface area (Å²) in [4.78, 5) is 12.9. The molecular weight excluding hydrogens is 182 g/mol. The summed E-state index contributed by atoms with van der Waals surface area (Å²) in [5.41, 5.74) is 0. The summed E-state index contributed by atoms with van der Waals surface area (Å²) >= 11 is 0. The van der Waals surface area contributed by atoms with Crippen molar-refractivity contribution >= 4 is 5.91 Å². The van der Waals surface area contributed by atoms with Crippen molar-refractivity contribution in [1.82, 2.24) is 10.2 Å². The van der Waals surface area contributed by atoms with E-state index in [4.69, 9.17) is 10.00 Å². The molecule has 1 N–H and O–H groups in total. The zero-order valence-corrected chi connectivity index (χ0v) is 8.91. The number of nitriles is 1. The van der Waals surface area contributed by atoms with Gasteiger partial charge in [-0.1, -0.05) is 0 Å². The summed E-state index contributed by atoms with van der Waals surface area (Å²) in [6.07, 6.45) is 0. The maximum absolute atomic E-state index is 11.2. The van der Waals surface area contributed by atoms with Crippen LogP contribution in [0.25, 0.3) is 0 Å². The Bertz CT molecular complexity index is 213. The fourth-order valence-corrected chi connectivity index (χ4v) is 0.810. The SMILES string of the molecule is COCCNC(=O)CN(C)C(C)C#N. The summed E-state index contributed by atoms with van der Waals surface area (Å²) in [6.45, 7) is 2.99. The summed E-state index contributed by atoms with van der Waals surface area (Å²) in [6, 6.07) is 1.81. The molecular formula is C9H17N3O2. The van der Waals surface area contributed by atoms with Gasteiger partial charge in [-0.25, -0.2) is 0 Å². The highest BCUT2D eigenvalue weighted by Crippen LogP contribution is 1.91. The topological polar surface area (TPSA) is 65.4 Å². The molecule has 80 valence electrons. The first kappa shape index (κ1) is 12.9. The van der Waals surface area contributed by atoms with Crippen LogP contribution >= 0.6 is 0 Å². The molecule has 0 saturated heterocycles. The molecule has 1 unspecified atom stereocenters. The molecule has 0 bridgehead atoms. The van der Waals surface area contributed by atoms with Gasteiger partial charge in [0.2, 0.25) is 5.91 Å². The molecule has 5 nitrogen and oxygen atoms in total. The van der Waals surface area contributed by atoms with Crippen LogP contribution in [0.4, 0.5) is 0 Å². The van der Waals surface area contributed by atoms with Gasteiger partial charge in [0.15, 0.2) is 0 Å². The largest absolute Gasteiger partial charge is 0.383 e. The van der Waals surface area contributed by atoms with E-state index in [2.05, 4.69) is 11.4 Å². The van der Waals surface area contributed by atoms with Gasteiger partial charge >= 0.3 is 0 Å². The smallest absolute Gasteiger partial charge is 0.234 e. The van der Waals surface area contributed by atoms with Gasteiger partial charge in [0.25, 0.3) is 0 Å². The summed E-state index contributed by atoms with van der Waals surface area (Å²) in [5.74, 6) is -0.0911. The monoisotopic (exact) mass is 199 g/mol. The molecule has 1 atom stereocenters. The highest BCUT2D eigenvalue weighted by molar-refractivity contribution is 5.78. The van der Waals surface area contributed by atoms with Crippen LogP contribution in [-0.4, -0.2) is 50.7 Å². The van der Waals surface area contributed by atoms with E-state index in [9.17, 15) is 4.79 Å². The normalized spacial score (nSPS) is 12.2. The number of hydrogen-bond acceptors (Lipinski definition) is 4. The molecule has 0 fully saturated rings. The maximum atomic E-state index is 11.2. The van der Waals surface area contributed by atoms with Crippen molar-refractivity contribution in [2.24, 2.45) is 0 Å². The number of amides is 1. The van der Waals surface area contributed by atoms with Crippen molar-refractivity contribution in [2.75, 3.05) is 33.9 Å². The second kappa shape index (κ2) is 7.30. The molecule has 0 aromatic rings. The highest BCUT2D eigenvalue weighted by Gasteiger charge is 2.11. The first-order chi connectivity index (χ1) is 6.61. The molecule has 14 heavy (non-hydrogen) atoms. The summed E-state index contributed by atoms with van der Waals surface area (Å²) in [5, 5.41) is 11.3. The number of hydrogen-bond donors (Lipinski definition) is 1. The summed E-state index contributed by atoms with van der Waals surface area (Å²) in [7, 11) is 3.32. The van der Waals surface area contributed by atoms with Crippen molar-refractivity contribution in [1.29, 1.82) is 5.26 Å². The lowest BCUT2D eigenvalue weighted by Crippen LogP contribution is -2.39. The Balaban J connectivity index is 3.67. The Hall–Kier alpha value is -1.12. The second-order valence-corrected chi connectivity index (χ2v) is 3.06. The lowest BCUT2D eigenvalue weighted by molar-refractivity contribution is -0.122. The van der Waals surface area contributed by atoms with Crippen LogP contribution in [-0.2, 0) is 9.53 Å². The molecule has 0 aliphatic rings. The minimum atomic E-state index is -0.247. The van der Waals surface area contributed by atoms with E-state index in [0.29, 0.717) is 13.2 Å². The molecule has 0 aliphatic carbocycles. The zero-order valence-electron chi connectivity index (χ0n) is 8.91. The first-order valence-electron chi connectivity index (χ1n) is 4.47. The van der Waals surface area contributed by atoms with Crippen LogP contribution in [0, 0.1) is 11.3 Å². The number of nitrogens with one attached hydrogen (secondary N) is 1. The van der Waals surface area contributed by atoms with Crippen LogP contribution in [0.2, 0.25) is 0 Å². The van der Waals surface area contributed by atoms with Gasteiger partial charge < -0.3 is 10.1 Å².